The van der Waals surface area contributed by atoms with Gasteiger partial charge in [0.05, 0.1) is 19.5 Å². The highest BCUT2D eigenvalue weighted by atomic mass is 16.5. The van der Waals surface area contributed by atoms with E-state index in [9.17, 15) is 4.79 Å². The van der Waals surface area contributed by atoms with Gasteiger partial charge in [-0.05, 0) is 32.2 Å². The average Bonchev–Trinajstić information content (AvgIpc) is 2.96. The number of methoxy groups -OCH3 is 1. The van der Waals surface area contributed by atoms with Crippen molar-refractivity contribution in [3.63, 3.8) is 0 Å². The predicted molar refractivity (Wildman–Crippen MR) is 76.6 cm³/mol. The highest BCUT2D eigenvalue weighted by Gasteiger charge is 2.31. The number of ether oxygens (including phenoxy) is 1. The number of hydrogen-bond acceptors (Lipinski definition) is 6. The first-order valence-corrected chi connectivity index (χ1v) is 7.08. The van der Waals surface area contributed by atoms with E-state index in [1.54, 1.807) is 6.20 Å². The lowest BCUT2D eigenvalue weighted by Crippen LogP contribution is -2.41. The van der Waals surface area contributed by atoms with Crippen LogP contribution in [0.15, 0.2) is 12.4 Å². The molecule has 2 unspecified atom stereocenters. The lowest BCUT2D eigenvalue weighted by atomic mass is 10.0. The van der Waals surface area contributed by atoms with Crippen LogP contribution in [-0.2, 0) is 4.74 Å². The Balaban J connectivity index is 2.25. The van der Waals surface area contributed by atoms with E-state index in [2.05, 4.69) is 21.8 Å². The minimum Gasteiger partial charge on any atom is -0.464 e. The molecule has 0 aromatic carbocycles. The molecule has 20 heavy (non-hydrogen) atoms. The second-order valence-electron chi connectivity index (χ2n) is 5.03. The summed E-state index contributed by atoms with van der Waals surface area (Å²) in [5.74, 6) is 0.747. The van der Waals surface area contributed by atoms with E-state index in [4.69, 9.17) is 10.5 Å². The Bertz CT molecular complexity index is 466. The first-order chi connectivity index (χ1) is 9.71. The van der Waals surface area contributed by atoms with Gasteiger partial charge in [-0.15, -0.1) is 0 Å². The molecule has 0 amide bonds. The molecule has 1 fully saturated rings. The summed E-state index contributed by atoms with van der Waals surface area (Å²) < 4.78 is 4.69. The molecule has 0 spiro atoms. The van der Waals surface area contributed by atoms with E-state index >= 15 is 0 Å². The minimum atomic E-state index is -0.461. The fraction of sp³-hybridized carbons (Fsp3) is 0.643. The number of aromatic nitrogens is 2. The van der Waals surface area contributed by atoms with E-state index < -0.39 is 5.97 Å². The van der Waals surface area contributed by atoms with Gasteiger partial charge in [0.1, 0.15) is 5.82 Å². The molecule has 6 nitrogen and oxygen atoms in total. The lowest BCUT2D eigenvalue weighted by molar-refractivity contribution is 0.0593. The molecule has 1 aromatic heterocycles. The van der Waals surface area contributed by atoms with Crippen molar-refractivity contribution >= 4 is 11.8 Å². The number of rotatable bonds is 5. The van der Waals surface area contributed by atoms with Crippen molar-refractivity contribution in [2.24, 2.45) is 11.7 Å². The van der Waals surface area contributed by atoms with E-state index in [1.165, 1.54) is 19.7 Å². The zero-order valence-electron chi connectivity index (χ0n) is 12.1. The van der Waals surface area contributed by atoms with Crippen LogP contribution in [0.4, 0.5) is 5.82 Å². The Kier molecular flexibility index (Phi) is 4.89. The number of nitrogens with zero attached hydrogens (tertiary/aromatic N) is 3. The molecule has 2 rings (SSSR count). The van der Waals surface area contributed by atoms with Gasteiger partial charge in [-0.2, -0.15) is 0 Å². The Hall–Kier alpha value is -1.69. The molecule has 1 aliphatic rings. The number of nitrogens with two attached hydrogens (primary N) is 1. The number of esters is 1. The van der Waals surface area contributed by atoms with Crippen LogP contribution >= 0.6 is 0 Å². The Morgan fingerprint density at radius 3 is 2.95 bits per heavy atom. The maximum Gasteiger partial charge on any atom is 0.358 e. The highest BCUT2D eigenvalue weighted by Crippen LogP contribution is 2.31. The summed E-state index contributed by atoms with van der Waals surface area (Å²) >= 11 is 0. The van der Waals surface area contributed by atoms with Gasteiger partial charge in [0.25, 0.3) is 0 Å². The van der Waals surface area contributed by atoms with Crippen molar-refractivity contribution < 1.29 is 9.53 Å². The molecule has 0 bridgehead atoms. The van der Waals surface area contributed by atoms with Crippen molar-refractivity contribution in [2.75, 3.05) is 25.1 Å². The molecule has 0 saturated heterocycles. The zero-order valence-corrected chi connectivity index (χ0v) is 12.1. The zero-order chi connectivity index (χ0) is 14.5. The molecule has 0 radical (unpaired) electrons. The molecular formula is C14H22N4O2. The fourth-order valence-electron chi connectivity index (χ4n) is 2.97. The summed E-state index contributed by atoms with van der Waals surface area (Å²) in [6.45, 7) is 3.59. The first-order valence-electron chi connectivity index (χ1n) is 7.08. The van der Waals surface area contributed by atoms with Crippen molar-refractivity contribution in [1.29, 1.82) is 0 Å². The summed E-state index contributed by atoms with van der Waals surface area (Å²) in [5, 5.41) is 0. The smallest absolute Gasteiger partial charge is 0.358 e. The Morgan fingerprint density at radius 1 is 1.50 bits per heavy atom. The molecule has 1 aliphatic carbocycles. The van der Waals surface area contributed by atoms with Gasteiger partial charge in [0, 0.05) is 12.6 Å². The van der Waals surface area contributed by atoms with Gasteiger partial charge < -0.3 is 15.4 Å². The average molecular weight is 278 g/mol. The lowest BCUT2D eigenvalue weighted by Gasteiger charge is -2.32. The maximum atomic E-state index is 11.6. The number of carbonyl (C=O) groups excluding carboxylic acids is 1. The normalized spacial score (nSPS) is 21.8. The third kappa shape index (κ3) is 2.90. The van der Waals surface area contributed by atoms with Crippen LogP contribution in [0.5, 0.6) is 0 Å². The van der Waals surface area contributed by atoms with E-state index in [0.29, 0.717) is 18.5 Å². The molecule has 1 aromatic rings. The number of anilines is 1. The second-order valence-corrected chi connectivity index (χ2v) is 5.03. The molecule has 1 heterocycles. The standard InChI is InChI=1S/C14H22N4O2/c1-3-18(12-6-4-5-10(12)7-15)13-9-16-8-11(17-13)14(19)20-2/h8-10,12H,3-7,15H2,1-2H3. The summed E-state index contributed by atoms with van der Waals surface area (Å²) in [4.78, 5) is 22.2. The van der Waals surface area contributed by atoms with Gasteiger partial charge in [-0.25, -0.2) is 9.78 Å². The van der Waals surface area contributed by atoms with E-state index in [-0.39, 0.29) is 5.69 Å². The number of hydrogen-bond donors (Lipinski definition) is 1. The van der Waals surface area contributed by atoms with Gasteiger partial charge >= 0.3 is 5.97 Å². The van der Waals surface area contributed by atoms with E-state index in [1.807, 2.05) is 0 Å². The SMILES string of the molecule is CCN(c1cncc(C(=O)OC)n1)C1CCCC1CN. The van der Waals surface area contributed by atoms with Crippen LogP contribution in [-0.4, -0.2) is 42.2 Å². The molecular weight excluding hydrogens is 256 g/mol. The summed E-state index contributed by atoms with van der Waals surface area (Å²) in [7, 11) is 1.34. The van der Waals surface area contributed by atoms with Gasteiger partial charge in [0.2, 0.25) is 0 Å². The quantitative estimate of drug-likeness (QED) is 0.815. The number of carbonyl (C=O) groups is 1. The van der Waals surface area contributed by atoms with Gasteiger partial charge in [0.15, 0.2) is 5.69 Å². The van der Waals surface area contributed by atoms with Crippen LogP contribution in [0.25, 0.3) is 0 Å². The third-order valence-electron chi connectivity index (χ3n) is 3.97. The fourth-order valence-corrected chi connectivity index (χ4v) is 2.97. The predicted octanol–water partition coefficient (Wildman–Crippen LogP) is 1.22. The molecule has 6 heteroatoms. The van der Waals surface area contributed by atoms with Crippen LogP contribution < -0.4 is 10.6 Å². The third-order valence-corrected chi connectivity index (χ3v) is 3.97. The largest absolute Gasteiger partial charge is 0.464 e. The van der Waals surface area contributed by atoms with Crippen molar-refractivity contribution in [3.05, 3.63) is 18.1 Å². The monoisotopic (exact) mass is 278 g/mol. The second kappa shape index (κ2) is 6.65. The van der Waals surface area contributed by atoms with Crippen LogP contribution in [0, 0.1) is 5.92 Å². The Labute approximate surface area is 119 Å². The topological polar surface area (TPSA) is 81.3 Å². The van der Waals surface area contributed by atoms with Crippen molar-refractivity contribution in [2.45, 2.75) is 32.2 Å². The first kappa shape index (κ1) is 14.7. The molecule has 0 aliphatic heterocycles. The molecule has 2 N–H and O–H groups in total. The Morgan fingerprint density at radius 2 is 2.30 bits per heavy atom. The van der Waals surface area contributed by atoms with Crippen molar-refractivity contribution in [1.82, 2.24) is 9.97 Å². The van der Waals surface area contributed by atoms with Crippen LogP contribution in [0.3, 0.4) is 0 Å². The van der Waals surface area contributed by atoms with Crippen LogP contribution in [0.2, 0.25) is 0 Å². The molecule has 110 valence electrons. The van der Waals surface area contributed by atoms with Crippen LogP contribution in [0.1, 0.15) is 36.7 Å². The summed E-state index contributed by atoms with van der Waals surface area (Å²) in [6.07, 6.45) is 6.58. The highest BCUT2D eigenvalue weighted by molar-refractivity contribution is 5.87. The minimum absolute atomic E-state index is 0.241. The van der Waals surface area contributed by atoms with Gasteiger partial charge in [-0.1, -0.05) is 6.42 Å². The van der Waals surface area contributed by atoms with Gasteiger partial charge in [-0.3, -0.25) is 4.98 Å². The molecule has 1 saturated carbocycles. The maximum absolute atomic E-state index is 11.6. The molecule has 2 atom stereocenters. The summed E-state index contributed by atoms with van der Waals surface area (Å²) in [5.41, 5.74) is 6.10. The van der Waals surface area contributed by atoms with E-state index in [0.717, 1.165) is 25.2 Å². The summed E-state index contributed by atoms with van der Waals surface area (Å²) in [6, 6.07) is 0.382. The van der Waals surface area contributed by atoms with Crippen molar-refractivity contribution in [3.8, 4) is 0 Å².